The normalized spacial score (nSPS) is 21.9. The molecule has 1 N–H and O–H groups in total. The molecule has 0 spiro atoms. The molecule has 0 aromatic carbocycles. The van der Waals surface area contributed by atoms with Crippen LogP contribution in [0.2, 0.25) is 0 Å². The topological polar surface area (TPSA) is 15.3 Å². The van der Waals surface area contributed by atoms with Gasteiger partial charge >= 0.3 is 0 Å². The lowest BCUT2D eigenvalue weighted by Gasteiger charge is -2.38. The van der Waals surface area contributed by atoms with E-state index in [0.29, 0.717) is 12.1 Å². The predicted octanol–water partition coefficient (Wildman–Crippen LogP) is 2.88. The zero-order valence-corrected chi connectivity index (χ0v) is 11.8. The van der Waals surface area contributed by atoms with Crippen LogP contribution in [0, 0.1) is 5.92 Å². The summed E-state index contributed by atoms with van der Waals surface area (Å²) < 4.78 is 0. The molecule has 2 atom stereocenters. The summed E-state index contributed by atoms with van der Waals surface area (Å²) in [5, 5.41) is 3.40. The average Bonchev–Trinajstić information content (AvgIpc) is 2.76. The van der Waals surface area contributed by atoms with Gasteiger partial charge in [-0.25, -0.2) is 0 Å². The van der Waals surface area contributed by atoms with Crippen molar-refractivity contribution in [1.29, 1.82) is 0 Å². The van der Waals surface area contributed by atoms with Gasteiger partial charge in [0.25, 0.3) is 0 Å². The highest BCUT2D eigenvalue weighted by atomic mass is 15.2. The third-order valence-electron chi connectivity index (χ3n) is 4.07. The van der Waals surface area contributed by atoms with Crippen molar-refractivity contribution in [2.75, 3.05) is 13.6 Å². The van der Waals surface area contributed by atoms with Gasteiger partial charge < -0.3 is 5.32 Å². The van der Waals surface area contributed by atoms with Gasteiger partial charge in [0.1, 0.15) is 0 Å². The van der Waals surface area contributed by atoms with Crippen LogP contribution >= 0.6 is 0 Å². The van der Waals surface area contributed by atoms with Crippen LogP contribution in [0.5, 0.6) is 0 Å². The molecular formula is C14H30N2. The van der Waals surface area contributed by atoms with Crippen molar-refractivity contribution in [2.24, 2.45) is 5.92 Å². The summed E-state index contributed by atoms with van der Waals surface area (Å²) in [7, 11) is 2.07. The lowest BCUT2D eigenvalue weighted by Crippen LogP contribution is -2.50. The summed E-state index contributed by atoms with van der Waals surface area (Å²) in [5.41, 5.74) is 0. The number of likely N-dealkylation sites (N-methyl/N-ethyl adjacent to an activating group) is 1. The highest BCUT2D eigenvalue weighted by molar-refractivity contribution is 4.85. The largest absolute Gasteiger partial charge is 0.316 e. The average molecular weight is 226 g/mol. The first-order valence-corrected chi connectivity index (χ1v) is 6.99. The van der Waals surface area contributed by atoms with Gasteiger partial charge in [0.05, 0.1) is 0 Å². The lowest BCUT2D eigenvalue weighted by atomic mass is 10.0. The molecule has 1 fully saturated rings. The molecule has 1 aliphatic rings. The summed E-state index contributed by atoms with van der Waals surface area (Å²) >= 11 is 0. The van der Waals surface area contributed by atoms with Crippen molar-refractivity contribution < 1.29 is 0 Å². The van der Waals surface area contributed by atoms with Crippen molar-refractivity contribution in [2.45, 2.75) is 71.5 Å². The van der Waals surface area contributed by atoms with Crippen LogP contribution in [-0.4, -0.2) is 36.6 Å². The molecule has 0 amide bonds. The Hall–Kier alpha value is -0.0800. The van der Waals surface area contributed by atoms with Gasteiger partial charge in [0.15, 0.2) is 0 Å². The SMILES string of the molecule is CNC(C)C(C)N(CC(C)C)C1CCCC1. The standard InChI is InChI=1S/C14H30N2/c1-11(2)10-16(13(4)12(3)15-5)14-8-6-7-9-14/h11-15H,6-10H2,1-5H3. The Labute approximate surface area is 102 Å². The third kappa shape index (κ3) is 3.74. The number of nitrogens with one attached hydrogen (secondary N) is 1. The van der Waals surface area contributed by atoms with Crippen molar-refractivity contribution in [1.82, 2.24) is 10.2 Å². The summed E-state index contributed by atoms with van der Waals surface area (Å²) in [6.07, 6.45) is 5.68. The molecule has 1 rings (SSSR count). The second-order valence-electron chi connectivity index (χ2n) is 5.85. The quantitative estimate of drug-likeness (QED) is 0.749. The van der Waals surface area contributed by atoms with Crippen LogP contribution in [-0.2, 0) is 0 Å². The molecule has 0 aromatic rings. The molecule has 0 aromatic heterocycles. The van der Waals surface area contributed by atoms with Gasteiger partial charge in [-0.15, -0.1) is 0 Å². The van der Waals surface area contributed by atoms with Crippen LogP contribution in [0.3, 0.4) is 0 Å². The summed E-state index contributed by atoms with van der Waals surface area (Å²) in [6, 6.07) is 2.07. The summed E-state index contributed by atoms with van der Waals surface area (Å²) in [6.45, 7) is 10.6. The number of rotatable bonds is 6. The minimum atomic E-state index is 0.583. The van der Waals surface area contributed by atoms with E-state index in [2.05, 4.69) is 45.0 Å². The van der Waals surface area contributed by atoms with E-state index in [0.717, 1.165) is 12.0 Å². The zero-order chi connectivity index (χ0) is 12.1. The first-order chi connectivity index (χ1) is 7.56. The molecule has 0 aliphatic heterocycles. The smallest absolute Gasteiger partial charge is 0.0221 e. The molecule has 16 heavy (non-hydrogen) atoms. The first kappa shape index (κ1) is 14.0. The van der Waals surface area contributed by atoms with E-state index in [4.69, 9.17) is 0 Å². The van der Waals surface area contributed by atoms with Gasteiger partial charge in [-0.2, -0.15) is 0 Å². The molecule has 1 saturated carbocycles. The third-order valence-corrected chi connectivity index (χ3v) is 4.07. The molecule has 0 heterocycles. The van der Waals surface area contributed by atoms with Crippen molar-refractivity contribution >= 4 is 0 Å². The summed E-state index contributed by atoms with van der Waals surface area (Å²) in [4.78, 5) is 2.75. The van der Waals surface area contributed by atoms with E-state index in [1.807, 2.05) is 0 Å². The lowest BCUT2D eigenvalue weighted by molar-refractivity contribution is 0.107. The van der Waals surface area contributed by atoms with Gasteiger partial charge in [0, 0.05) is 24.7 Å². The maximum atomic E-state index is 3.40. The Bertz CT molecular complexity index is 185. The molecule has 96 valence electrons. The van der Waals surface area contributed by atoms with Gasteiger partial charge in [-0.05, 0) is 39.7 Å². The van der Waals surface area contributed by atoms with Gasteiger partial charge in [0.2, 0.25) is 0 Å². The van der Waals surface area contributed by atoms with E-state index in [1.54, 1.807) is 0 Å². The van der Waals surface area contributed by atoms with Gasteiger partial charge in [-0.3, -0.25) is 4.90 Å². The molecule has 2 heteroatoms. The van der Waals surface area contributed by atoms with E-state index in [1.165, 1.54) is 32.2 Å². The van der Waals surface area contributed by atoms with Crippen LogP contribution in [0.1, 0.15) is 53.4 Å². The highest BCUT2D eigenvalue weighted by Gasteiger charge is 2.28. The molecular weight excluding hydrogens is 196 g/mol. The summed E-state index contributed by atoms with van der Waals surface area (Å²) in [5.74, 6) is 0.770. The van der Waals surface area contributed by atoms with Crippen molar-refractivity contribution in [3.63, 3.8) is 0 Å². The Morgan fingerprint density at radius 3 is 2.12 bits per heavy atom. The van der Waals surface area contributed by atoms with Crippen LogP contribution in [0.4, 0.5) is 0 Å². The maximum absolute atomic E-state index is 3.40. The molecule has 2 unspecified atom stereocenters. The second-order valence-corrected chi connectivity index (χ2v) is 5.85. The van der Waals surface area contributed by atoms with E-state index in [-0.39, 0.29) is 0 Å². The van der Waals surface area contributed by atoms with E-state index < -0.39 is 0 Å². The van der Waals surface area contributed by atoms with Crippen molar-refractivity contribution in [3.05, 3.63) is 0 Å². The van der Waals surface area contributed by atoms with Crippen molar-refractivity contribution in [3.8, 4) is 0 Å². The Morgan fingerprint density at radius 1 is 1.12 bits per heavy atom. The maximum Gasteiger partial charge on any atom is 0.0221 e. The van der Waals surface area contributed by atoms with E-state index in [9.17, 15) is 0 Å². The minimum Gasteiger partial charge on any atom is -0.316 e. The molecule has 0 bridgehead atoms. The monoisotopic (exact) mass is 226 g/mol. The zero-order valence-electron chi connectivity index (χ0n) is 11.8. The Balaban J connectivity index is 2.61. The fourth-order valence-corrected chi connectivity index (χ4v) is 2.83. The van der Waals surface area contributed by atoms with Gasteiger partial charge in [-0.1, -0.05) is 26.7 Å². The fourth-order valence-electron chi connectivity index (χ4n) is 2.83. The number of hydrogen-bond donors (Lipinski definition) is 1. The molecule has 0 saturated heterocycles. The Kier molecular flexibility index (Phi) is 5.77. The number of nitrogens with zero attached hydrogens (tertiary/aromatic N) is 1. The fraction of sp³-hybridized carbons (Fsp3) is 1.00. The first-order valence-electron chi connectivity index (χ1n) is 6.99. The molecule has 2 nitrogen and oxygen atoms in total. The van der Waals surface area contributed by atoms with Crippen LogP contribution < -0.4 is 5.32 Å². The van der Waals surface area contributed by atoms with E-state index >= 15 is 0 Å². The van der Waals surface area contributed by atoms with Crippen LogP contribution in [0.15, 0.2) is 0 Å². The highest BCUT2D eigenvalue weighted by Crippen LogP contribution is 2.26. The second kappa shape index (κ2) is 6.61. The molecule has 1 aliphatic carbocycles. The molecule has 0 radical (unpaired) electrons. The minimum absolute atomic E-state index is 0.583. The number of hydrogen-bond acceptors (Lipinski definition) is 2. The Morgan fingerprint density at radius 2 is 1.69 bits per heavy atom. The predicted molar refractivity (Wildman–Crippen MR) is 71.8 cm³/mol. The van der Waals surface area contributed by atoms with Crippen LogP contribution in [0.25, 0.3) is 0 Å².